The average molecular weight is 317 g/mol. The molecule has 1 unspecified atom stereocenters. The molecule has 1 aromatic heterocycles. The molecule has 1 heterocycles. The summed E-state index contributed by atoms with van der Waals surface area (Å²) in [7, 11) is 0. The molecule has 1 aromatic carbocycles. The Kier molecular flexibility index (Phi) is 5.00. The highest BCUT2D eigenvalue weighted by Crippen LogP contribution is 2.36. The van der Waals surface area contributed by atoms with E-state index in [0.717, 1.165) is 23.8 Å². The Morgan fingerprint density at radius 2 is 2.00 bits per heavy atom. The second-order valence-electron chi connectivity index (χ2n) is 4.68. The number of likely N-dealkylation sites (N-methyl/N-ethyl adjacent to an activating group) is 1. The minimum atomic E-state index is -4.49. The highest BCUT2D eigenvalue weighted by Gasteiger charge is 2.35. The number of alkyl halides is 3. The van der Waals surface area contributed by atoms with Gasteiger partial charge >= 0.3 is 6.18 Å². The van der Waals surface area contributed by atoms with Gasteiger partial charge in [0, 0.05) is 6.04 Å². The number of rotatable bonds is 5. The maximum absolute atomic E-state index is 13.4. The summed E-state index contributed by atoms with van der Waals surface area (Å²) in [5, 5.41) is 6.77. The summed E-state index contributed by atoms with van der Waals surface area (Å²) >= 11 is 1.48. The monoisotopic (exact) mass is 317 g/mol. The third kappa shape index (κ3) is 4.04. The van der Waals surface area contributed by atoms with Gasteiger partial charge in [-0.1, -0.05) is 6.92 Å². The Morgan fingerprint density at radius 1 is 1.24 bits per heavy atom. The number of hydrogen-bond donors (Lipinski definition) is 1. The fraction of sp³-hybridized carbons (Fsp3) is 0.333. The zero-order chi connectivity index (χ0) is 15.5. The molecule has 2 rings (SSSR count). The minimum absolute atomic E-state index is 0.0458. The Bertz CT molecular complexity index is 578. The fourth-order valence-electron chi connectivity index (χ4n) is 2.26. The van der Waals surface area contributed by atoms with Crippen LogP contribution in [-0.4, -0.2) is 6.54 Å². The van der Waals surface area contributed by atoms with Gasteiger partial charge in [-0.25, -0.2) is 4.39 Å². The highest BCUT2D eigenvalue weighted by atomic mass is 32.1. The number of thiophene rings is 1. The first-order valence-corrected chi connectivity index (χ1v) is 7.47. The van der Waals surface area contributed by atoms with Crippen LogP contribution < -0.4 is 5.32 Å². The molecule has 1 atom stereocenters. The summed E-state index contributed by atoms with van der Waals surface area (Å²) in [4.78, 5) is 0. The molecule has 2 aromatic rings. The fourth-order valence-corrected chi connectivity index (χ4v) is 2.94. The van der Waals surface area contributed by atoms with E-state index in [1.54, 1.807) is 0 Å². The molecule has 0 aliphatic heterocycles. The summed E-state index contributed by atoms with van der Waals surface area (Å²) in [6.07, 6.45) is -4.10. The summed E-state index contributed by atoms with van der Waals surface area (Å²) in [5.74, 6) is -0.661. The summed E-state index contributed by atoms with van der Waals surface area (Å²) in [6, 6.07) is 3.92. The molecule has 114 valence electrons. The quantitative estimate of drug-likeness (QED) is 0.781. The van der Waals surface area contributed by atoms with Crippen LogP contribution in [0.3, 0.4) is 0 Å². The lowest BCUT2D eigenvalue weighted by Crippen LogP contribution is -2.26. The van der Waals surface area contributed by atoms with E-state index in [0.29, 0.717) is 13.0 Å². The van der Waals surface area contributed by atoms with Gasteiger partial charge in [-0.2, -0.15) is 24.5 Å². The van der Waals surface area contributed by atoms with E-state index in [4.69, 9.17) is 0 Å². The van der Waals surface area contributed by atoms with Crippen molar-refractivity contribution in [3.8, 4) is 0 Å². The van der Waals surface area contributed by atoms with Crippen LogP contribution in [0.1, 0.15) is 29.7 Å². The molecule has 1 N–H and O–H groups in total. The molecule has 21 heavy (non-hydrogen) atoms. The molecule has 1 nitrogen and oxygen atoms in total. The van der Waals surface area contributed by atoms with Crippen molar-refractivity contribution >= 4 is 11.3 Å². The third-order valence-corrected chi connectivity index (χ3v) is 3.90. The van der Waals surface area contributed by atoms with Crippen molar-refractivity contribution in [1.82, 2.24) is 5.32 Å². The number of hydrogen-bond acceptors (Lipinski definition) is 2. The molecule has 0 amide bonds. The van der Waals surface area contributed by atoms with Gasteiger partial charge in [0.1, 0.15) is 5.82 Å². The second kappa shape index (κ2) is 6.58. The van der Waals surface area contributed by atoms with Crippen molar-refractivity contribution in [2.24, 2.45) is 0 Å². The van der Waals surface area contributed by atoms with Gasteiger partial charge in [0.05, 0.1) is 5.56 Å². The summed E-state index contributed by atoms with van der Waals surface area (Å²) < 4.78 is 52.8. The van der Waals surface area contributed by atoms with E-state index >= 15 is 0 Å². The van der Waals surface area contributed by atoms with Gasteiger partial charge in [-0.3, -0.25) is 0 Å². The van der Waals surface area contributed by atoms with Crippen LogP contribution in [0.5, 0.6) is 0 Å². The van der Waals surface area contributed by atoms with Gasteiger partial charge in [-0.05, 0) is 59.1 Å². The molecule has 0 spiro atoms. The van der Waals surface area contributed by atoms with E-state index in [9.17, 15) is 17.6 Å². The van der Waals surface area contributed by atoms with E-state index in [2.05, 4.69) is 5.32 Å². The molecule has 0 bridgehead atoms. The molecular formula is C15H15F4NS. The minimum Gasteiger partial charge on any atom is -0.310 e. The Hall–Kier alpha value is -1.40. The van der Waals surface area contributed by atoms with Gasteiger partial charge in [0.25, 0.3) is 0 Å². The van der Waals surface area contributed by atoms with Crippen molar-refractivity contribution in [1.29, 1.82) is 0 Å². The van der Waals surface area contributed by atoms with Crippen LogP contribution in [0.15, 0.2) is 35.0 Å². The van der Waals surface area contributed by atoms with Crippen LogP contribution >= 0.6 is 11.3 Å². The first-order chi connectivity index (χ1) is 9.91. The molecule has 0 radical (unpaired) electrons. The van der Waals surface area contributed by atoms with Crippen LogP contribution in [-0.2, 0) is 12.6 Å². The Morgan fingerprint density at radius 3 is 2.57 bits per heavy atom. The second-order valence-corrected chi connectivity index (χ2v) is 5.46. The summed E-state index contributed by atoms with van der Waals surface area (Å²) in [5.41, 5.74) is 0.101. The van der Waals surface area contributed by atoms with E-state index in [1.807, 2.05) is 23.8 Å². The first-order valence-electron chi connectivity index (χ1n) is 6.53. The maximum Gasteiger partial charge on any atom is 0.416 e. The lowest BCUT2D eigenvalue weighted by molar-refractivity contribution is -0.138. The van der Waals surface area contributed by atoms with Crippen LogP contribution in [0.2, 0.25) is 0 Å². The highest BCUT2D eigenvalue weighted by molar-refractivity contribution is 7.07. The van der Waals surface area contributed by atoms with Crippen molar-refractivity contribution in [3.05, 3.63) is 57.5 Å². The zero-order valence-corrected chi connectivity index (χ0v) is 12.2. The van der Waals surface area contributed by atoms with Gasteiger partial charge in [-0.15, -0.1) is 0 Å². The number of benzene rings is 1. The van der Waals surface area contributed by atoms with Crippen LogP contribution in [0.25, 0.3) is 0 Å². The molecular weight excluding hydrogens is 302 g/mol. The molecule has 0 saturated carbocycles. The average Bonchev–Trinajstić information content (AvgIpc) is 2.89. The number of halogens is 4. The lowest BCUT2D eigenvalue weighted by atomic mass is 9.95. The smallest absolute Gasteiger partial charge is 0.310 e. The SMILES string of the molecule is CCNC(Cc1ccsc1)c1cc(F)ccc1C(F)(F)F. The van der Waals surface area contributed by atoms with E-state index in [-0.39, 0.29) is 5.56 Å². The number of nitrogens with one attached hydrogen (secondary N) is 1. The van der Waals surface area contributed by atoms with Crippen molar-refractivity contribution < 1.29 is 17.6 Å². The maximum atomic E-state index is 13.4. The van der Waals surface area contributed by atoms with E-state index < -0.39 is 23.6 Å². The summed E-state index contributed by atoms with van der Waals surface area (Å²) in [6.45, 7) is 2.32. The standard InChI is InChI=1S/C15H15F4NS/c1-2-20-14(7-10-5-6-21-9-10)12-8-11(16)3-4-13(12)15(17,18)19/h3-6,8-9,14,20H,2,7H2,1H3. The zero-order valence-electron chi connectivity index (χ0n) is 11.4. The predicted octanol–water partition coefficient (Wildman–Crippen LogP) is 4.80. The Balaban J connectivity index is 2.41. The van der Waals surface area contributed by atoms with Gasteiger partial charge in [0.15, 0.2) is 0 Å². The Labute approximate surface area is 124 Å². The molecule has 0 fully saturated rings. The molecule has 6 heteroatoms. The van der Waals surface area contributed by atoms with Crippen LogP contribution in [0, 0.1) is 5.82 Å². The van der Waals surface area contributed by atoms with Crippen LogP contribution in [0.4, 0.5) is 17.6 Å². The first kappa shape index (κ1) is 16.0. The molecule has 0 aliphatic carbocycles. The normalized spacial score (nSPS) is 13.4. The van der Waals surface area contributed by atoms with Crippen molar-refractivity contribution in [2.45, 2.75) is 25.6 Å². The van der Waals surface area contributed by atoms with Gasteiger partial charge in [0.2, 0.25) is 0 Å². The van der Waals surface area contributed by atoms with Crippen molar-refractivity contribution in [3.63, 3.8) is 0 Å². The van der Waals surface area contributed by atoms with Crippen molar-refractivity contribution in [2.75, 3.05) is 6.54 Å². The predicted molar refractivity (Wildman–Crippen MR) is 75.8 cm³/mol. The molecule has 0 saturated heterocycles. The molecule has 0 aliphatic rings. The third-order valence-electron chi connectivity index (χ3n) is 3.16. The van der Waals surface area contributed by atoms with Gasteiger partial charge < -0.3 is 5.32 Å². The topological polar surface area (TPSA) is 12.0 Å². The van der Waals surface area contributed by atoms with E-state index in [1.165, 1.54) is 11.3 Å². The lowest BCUT2D eigenvalue weighted by Gasteiger charge is -2.22. The largest absolute Gasteiger partial charge is 0.416 e.